The summed E-state index contributed by atoms with van der Waals surface area (Å²) in [6.07, 6.45) is -11.9. The lowest BCUT2D eigenvalue weighted by Gasteiger charge is -2.49. The third-order valence-electron chi connectivity index (χ3n) is 6.57. The van der Waals surface area contributed by atoms with Crippen molar-refractivity contribution in [2.24, 2.45) is 0 Å². The Labute approximate surface area is 297 Å². The first-order valence-corrected chi connectivity index (χ1v) is 16.4. The number of hydrogen-bond acceptors (Lipinski definition) is 16. The number of hydrogen-bond donors (Lipinski definition) is 0. The van der Waals surface area contributed by atoms with Gasteiger partial charge in [0.05, 0.1) is 0 Å². The van der Waals surface area contributed by atoms with Crippen LogP contribution in [-0.4, -0.2) is 118 Å². The number of carbonyl (C=O) groups excluding carboxylic acids is 7. The van der Waals surface area contributed by atoms with E-state index < -0.39 is 108 Å². The van der Waals surface area contributed by atoms with Gasteiger partial charge in [0.15, 0.2) is 30.6 Å². The van der Waals surface area contributed by atoms with Crippen LogP contribution in [0.25, 0.3) is 0 Å². The van der Waals surface area contributed by atoms with E-state index in [1.165, 1.54) is 0 Å². The first-order chi connectivity index (χ1) is 23.2. The van der Waals surface area contributed by atoms with Gasteiger partial charge in [-0.25, -0.2) is 14.4 Å². The Hall–Kier alpha value is -4.19. The minimum absolute atomic E-state index is 0.136. The van der Waals surface area contributed by atoms with Crippen molar-refractivity contribution in [2.75, 3.05) is 6.61 Å². The van der Waals surface area contributed by atoms with Gasteiger partial charge >= 0.3 is 42.0 Å². The van der Waals surface area contributed by atoms with Crippen molar-refractivity contribution in [1.29, 1.82) is 0 Å². The summed E-state index contributed by atoms with van der Waals surface area (Å²) in [5.74, 6) is -4.17. The Morgan fingerprint density at radius 1 is 0.588 bits per heavy atom. The molecule has 2 heterocycles. The molecule has 2 aliphatic heterocycles. The first kappa shape index (κ1) is 43.0. The second kappa shape index (κ2) is 16.9. The van der Waals surface area contributed by atoms with E-state index in [0.717, 1.165) is 37.7 Å². The molecule has 0 aromatic carbocycles. The van der Waals surface area contributed by atoms with Crippen LogP contribution in [0.5, 0.6) is 0 Å². The Morgan fingerprint density at radius 3 is 1.49 bits per heavy atom. The van der Waals surface area contributed by atoms with Gasteiger partial charge in [-0.05, 0) is 75.2 Å². The fraction of sp³-hybridized carbons (Fsp3) is 0.788. The lowest BCUT2D eigenvalue weighted by atomic mass is 9.98. The van der Waals surface area contributed by atoms with E-state index in [2.05, 4.69) is 0 Å². The van der Waals surface area contributed by atoms with Crippen LogP contribution >= 0.6 is 0 Å². The molecule has 0 aliphatic carbocycles. The van der Waals surface area contributed by atoms with E-state index in [1.54, 1.807) is 62.3 Å². The predicted octanol–water partition coefficient (Wildman–Crippen LogP) is 3.31. The highest BCUT2D eigenvalue weighted by atomic mass is 16.7. The summed E-state index contributed by atoms with van der Waals surface area (Å²) in [5.41, 5.74) is -3.19. The Bertz CT molecular complexity index is 1310. The van der Waals surface area contributed by atoms with Gasteiger partial charge < -0.3 is 42.6 Å². The van der Waals surface area contributed by atoms with Crippen LogP contribution in [0.2, 0.25) is 0 Å². The normalized spacial score (nSPS) is 25.5. The molecule has 0 aromatic rings. The second-order valence-electron chi connectivity index (χ2n) is 14.9. The Kier molecular flexibility index (Phi) is 14.2. The standard InChI is InChI=1S/C33H52N2O16/c1-17(36)43-16-22-24(44-18(2)37)25(45-19(3)38)26(46-20(4)39)28(47-22)48-23-15-14-21(27(40)49-31(5,6)7)34(29(41)50-32(8,9)10)35(23)30(42)51-33(11,12)13/h21-26,28H,14-16H2,1-13H3/t21-,22+,23-,24+,25-,26+,28-/m0/s1. The molecule has 51 heavy (non-hydrogen) atoms. The van der Waals surface area contributed by atoms with E-state index in [9.17, 15) is 33.6 Å². The maximum Gasteiger partial charge on any atom is 0.431 e. The molecular weight excluding hydrogens is 680 g/mol. The molecule has 7 atom stereocenters. The highest BCUT2D eigenvalue weighted by Gasteiger charge is 2.56. The zero-order valence-electron chi connectivity index (χ0n) is 31.6. The smallest absolute Gasteiger partial charge is 0.431 e. The van der Waals surface area contributed by atoms with E-state index in [0.29, 0.717) is 0 Å². The lowest BCUT2D eigenvalue weighted by molar-refractivity contribution is -0.337. The van der Waals surface area contributed by atoms with Gasteiger partial charge in [-0.1, -0.05) is 0 Å². The largest absolute Gasteiger partial charge is 0.463 e. The van der Waals surface area contributed by atoms with Gasteiger partial charge in [0.2, 0.25) is 6.29 Å². The molecule has 0 unspecified atom stereocenters. The summed E-state index contributed by atoms with van der Waals surface area (Å²) in [6, 6.07) is -1.40. The molecule has 2 fully saturated rings. The van der Waals surface area contributed by atoms with Crippen LogP contribution in [-0.2, 0) is 66.6 Å². The molecule has 18 nitrogen and oxygen atoms in total. The molecule has 0 N–H and O–H groups in total. The maximum absolute atomic E-state index is 14.0. The number of nitrogens with zero attached hydrogens (tertiary/aromatic N) is 2. The van der Waals surface area contributed by atoms with Crippen molar-refractivity contribution in [3.05, 3.63) is 0 Å². The quantitative estimate of drug-likeness (QED) is 0.259. The molecule has 0 bridgehead atoms. The molecule has 0 spiro atoms. The number of carbonyl (C=O) groups is 7. The van der Waals surface area contributed by atoms with Gasteiger partial charge in [-0.3, -0.25) is 19.2 Å². The van der Waals surface area contributed by atoms with Crippen LogP contribution in [0.4, 0.5) is 9.59 Å². The van der Waals surface area contributed by atoms with Gasteiger partial charge in [-0.2, -0.15) is 10.0 Å². The van der Waals surface area contributed by atoms with Gasteiger partial charge in [-0.15, -0.1) is 0 Å². The molecular formula is C33H52N2O16. The van der Waals surface area contributed by atoms with Crippen molar-refractivity contribution < 1.29 is 76.2 Å². The topological polar surface area (TPSA) is 209 Å². The molecule has 0 aromatic heterocycles. The van der Waals surface area contributed by atoms with Crippen LogP contribution in [0, 0.1) is 0 Å². The van der Waals surface area contributed by atoms with Crippen molar-refractivity contribution in [1.82, 2.24) is 10.0 Å². The molecule has 0 saturated carbocycles. The fourth-order valence-corrected chi connectivity index (χ4v) is 5.04. The molecule has 0 radical (unpaired) electrons. The summed E-state index contributed by atoms with van der Waals surface area (Å²) < 4.78 is 50.7. The van der Waals surface area contributed by atoms with E-state index in [1.807, 2.05) is 0 Å². The van der Waals surface area contributed by atoms with Gasteiger partial charge in [0.25, 0.3) is 0 Å². The van der Waals surface area contributed by atoms with Crippen molar-refractivity contribution in [2.45, 2.75) is 163 Å². The highest BCUT2D eigenvalue weighted by molar-refractivity contribution is 5.84. The van der Waals surface area contributed by atoms with E-state index in [-0.39, 0.29) is 12.8 Å². The van der Waals surface area contributed by atoms with Gasteiger partial charge in [0, 0.05) is 27.7 Å². The van der Waals surface area contributed by atoms with E-state index in [4.69, 9.17) is 42.6 Å². The van der Waals surface area contributed by atoms with Crippen molar-refractivity contribution >= 4 is 42.0 Å². The summed E-state index contributed by atoms with van der Waals surface area (Å²) in [4.78, 5) is 90.0. The Balaban J connectivity index is 2.76. The third kappa shape index (κ3) is 13.5. The van der Waals surface area contributed by atoms with E-state index >= 15 is 0 Å². The van der Waals surface area contributed by atoms with Crippen LogP contribution in [0.3, 0.4) is 0 Å². The number of amides is 2. The molecule has 2 aliphatic rings. The van der Waals surface area contributed by atoms with Crippen LogP contribution in [0.1, 0.15) is 103 Å². The first-order valence-electron chi connectivity index (χ1n) is 16.4. The summed E-state index contributed by atoms with van der Waals surface area (Å²) in [6.45, 7) is 18.1. The average Bonchev–Trinajstić information content (AvgIpc) is 2.91. The molecule has 2 amide bonds. The third-order valence-corrected chi connectivity index (χ3v) is 6.57. The lowest BCUT2D eigenvalue weighted by Crippen LogP contribution is -2.68. The number of esters is 5. The molecule has 290 valence electrons. The zero-order chi connectivity index (χ0) is 39.2. The zero-order valence-corrected chi connectivity index (χ0v) is 31.6. The van der Waals surface area contributed by atoms with Gasteiger partial charge in [0.1, 0.15) is 29.5 Å². The number of ether oxygens (including phenoxy) is 9. The fourth-order valence-electron chi connectivity index (χ4n) is 5.04. The minimum atomic E-state index is -1.74. The Morgan fingerprint density at radius 2 is 1.04 bits per heavy atom. The van der Waals surface area contributed by atoms with Crippen molar-refractivity contribution in [3.8, 4) is 0 Å². The predicted molar refractivity (Wildman–Crippen MR) is 172 cm³/mol. The maximum atomic E-state index is 14.0. The van der Waals surface area contributed by atoms with Crippen LogP contribution in [0.15, 0.2) is 0 Å². The van der Waals surface area contributed by atoms with Crippen molar-refractivity contribution in [3.63, 3.8) is 0 Å². The number of hydrazine groups is 1. The second-order valence-corrected chi connectivity index (χ2v) is 14.9. The molecule has 18 heteroatoms. The SMILES string of the molecule is CC(=O)OC[C@H]1O[C@@H](O[C@H]2CC[C@@H](C(=O)OC(C)(C)C)N(C(=O)OC(C)(C)C)N2C(=O)OC(C)(C)C)[C@H](OC(C)=O)[C@@H](OC(C)=O)[C@@H]1OC(C)=O. The highest BCUT2D eigenvalue weighted by Crippen LogP contribution is 2.35. The molecule has 2 saturated heterocycles. The molecule has 2 rings (SSSR count). The summed E-state index contributed by atoms with van der Waals surface area (Å²) >= 11 is 0. The summed E-state index contributed by atoms with van der Waals surface area (Å²) in [5, 5.41) is 1.48. The minimum Gasteiger partial charge on any atom is -0.463 e. The summed E-state index contributed by atoms with van der Waals surface area (Å²) in [7, 11) is 0. The monoisotopic (exact) mass is 732 g/mol. The van der Waals surface area contributed by atoms with Crippen LogP contribution < -0.4 is 0 Å². The average molecular weight is 733 g/mol. The number of rotatable bonds is 8.